The Kier molecular flexibility index (Phi) is 6.96. The average Bonchev–Trinajstić information content (AvgIpc) is 2.31. The number of hydrogen-bond acceptors (Lipinski definition) is 4. The molecule has 1 rings (SSSR count). The molecule has 16 heavy (non-hydrogen) atoms. The van der Waals surface area contributed by atoms with Crippen LogP contribution in [0, 0.1) is 5.92 Å². The standard InChI is InChI=1S/C12H26N2O2/c1-11-10-13-5-4-12(11)14(6-8-15-2)7-9-16-3/h11-13H,4-10H2,1-3H3. The van der Waals surface area contributed by atoms with E-state index in [0.29, 0.717) is 12.0 Å². The number of piperidine rings is 1. The van der Waals surface area contributed by atoms with Crippen molar-refractivity contribution in [2.45, 2.75) is 19.4 Å². The molecule has 2 atom stereocenters. The number of rotatable bonds is 7. The Morgan fingerprint density at radius 3 is 2.31 bits per heavy atom. The first kappa shape index (κ1) is 13.9. The highest BCUT2D eigenvalue weighted by Crippen LogP contribution is 2.17. The second-order valence-electron chi connectivity index (χ2n) is 4.56. The van der Waals surface area contributed by atoms with Gasteiger partial charge in [-0.3, -0.25) is 4.90 Å². The number of nitrogens with zero attached hydrogens (tertiary/aromatic N) is 1. The Bertz CT molecular complexity index is 170. The molecule has 1 N–H and O–H groups in total. The Morgan fingerprint density at radius 1 is 1.19 bits per heavy atom. The van der Waals surface area contributed by atoms with Gasteiger partial charge in [0, 0.05) is 33.4 Å². The summed E-state index contributed by atoms with van der Waals surface area (Å²) in [6.45, 7) is 8.21. The summed E-state index contributed by atoms with van der Waals surface area (Å²) in [5, 5.41) is 3.44. The van der Waals surface area contributed by atoms with Gasteiger partial charge < -0.3 is 14.8 Å². The Labute approximate surface area is 99.3 Å². The fraction of sp³-hybridized carbons (Fsp3) is 1.00. The fourth-order valence-corrected chi connectivity index (χ4v) is 2.40. The van der Waals surface area contributed by atoms with Crippen molar-refractivity contribution in [3.63, 3.8) is 0 Å². The van der Waals surface area contributed by atoms with Gasteiger partial charge in [-0.2, -0.15) is 0 Å². The summed E-state index contributed by atoms with van der Waals surface area (Å²) in [6.07, 6.45) is 1.23. The minimum atomic E-state index is 0.673. The molecule has 1 aliphatic rings. The first-order valence-corrected chi connectivity index (χ1v) is 6.22. The summed E-state index contributed by atoms with van der Waals surface area (Å²) in [7, 11) is 3.53. The van der Waals surface area contributed by atoms with Gasteiger partial charge in [-0.25, -0.2) is 0 Å². The quantitative estimate of drug-likeness (QED) is 0.694. The number of methoxy groups -OCH3 is 2. The second-order valence-corrected chi connectivity index (χ2v) is 4.56. The van der Waals surface area contributed by atoms with E-state index >= 15 is 0 Å². The van der Waals surface area contributed by atoms with E-state index in [-0.39, 0.29) is 0 Å². The van der Waals surface area contributed by atoms with Crippen molar-refractivity contribution in [1.29, 1.82) is 0 Å². The van der Waals surface area contributed by atoms with Gasteiger partial charge in [0.05, 0.1) is 13.2 Å². The van der Waals surface area contributed by atoms with Gasteiger partial charge in [-0.15, -0.1) is 0 Å². The van der Waals surface area contributed by atoms with Crippen LogP contribution in [0.3, 0.4) is 0 Å². The van der Waals surface area contributed by atoms with Crippen LogP contribution in [0.4, 0.5) is 0 Å². The summed E-state index contributed by atoms with van der Waals surface area (Å²) < 4.78 is 10.4. The van der Waals surface area contributed by atoms with Gasteiger partial charge in [-0.05, 0) is 25.4 Å². The van der Waals surface area contributed by atoms with Crippen LogP contribution < -0.4 is 5.32 Å². The minimum Gasteiger partial charge on any atom is -0.383 e. The number of nitrogens with one attached hydrogen (secondary N) is 1. The van der Waals surface area contributed by atoms with Crippen molar-refractivity contribution in [2.75, 3.05) is 53.6 Å². The first-order valence-electron chi connectivity index (χ1n) is 6.22. The topological polar surface area (TPSA) is 33.7 Å². The predicted octanol–water partition coefficient (Wildman–Crippen LogP) is 0.579. The molecule has 4 nitrogen and oxygen atoms in total. The highest BCUT2D eigenvalue weighted by atomic mass is 16.5. The molecule has 0 radical (unpaired) electrons. The van der Waals surface area contributed by atoms with Gasteiger partial charge in [0.15, 0.2) is 0 Å². The van der Waals surface area contributed by atoms with Crippen molar-refractivity contribution >= 4 is 0 Å². The smallest absolute Gasteiger partial charge is 0.0589 e. The lowest BCUT2D eigenvalue weighted by Gasteiger charge is -2.38. The first-order chi connectivity index (χ1) is 7.79. The molecule has 4 heteroatoms. The van der Waals surface area contributed by atoms with Crippen molar-refractivity contribution in [3.05, 3.63) is 0 Å². The predicted molar refractivity (Wildman–Crippen MR) is 65.8 cm³/mol. The highest BCUT2D eigenvalue weighted by molar-refractivity contribution is 4.83. The van der Waals surface area contributed by atoms with Gasteiger partial charge in [-0.1, -0.05) is 6.92 Å². The van der Waals surface area contributed by atoms with E-state index < -0.39 is 0 Å². The van der Waals surface area contributed by atoms with Crippen molar-refractivity contribution in [2.24, 2.45) is 5.92 Å². The van der Waals surface area contributed by atoms with E-state index in [1.807, 2.05) is 0 Å². The molecule has 2 unspecified atom stereocenters. The maximum absolute atomic E-state index is 5.18. The zero-order valence-corrected chi connectivity index (χ0v) is 10.9. The molecule has 1 fully saturated rings. The van der Waals surface area contributed by atoms with E-state index in [1.54, 1.807) is 14.2 Å². The van der Waals surface area contributed by atoms with E-state index in [0.717, 1.165) is 39.4 Å². The van der Waals surface area contributed by atoms with Gasteiger partial charge in [0.1, 0.15) is 0 Å². The van der Waals surface area contributed by atoms with Crippen LogP contribution in [-0.4, -0.2) is 64.6 Å². The van der Waals surface area contributed by atoms with Gasteiger partial charge >= 0.3 is 0 Å². The maximum atomic E-state index is 5.18. The molecule has 96 valence electrons. The van der Waals surface area contributed by atoms with Crippen LogP contribution in [0.1, 0.15) is 13.3 Å². The maximum Gasteiger partial charge on any atom is 0.0589 e. The summed E-state index contributed by atoms with van der Waals surface area (Å²) in [5.41, 5.74) is 0. The van der Waals surface area contributed by atoms with Crippen LogP contribution in [-0.2, 0) is 9.47 Å². The third kappa shape index (κ3) is 4.37. The zero-order chi connectivity index (χ0) is 11.8. The Hall–Kier alpha value is -0.160. The van der Waals surface area contributed by atoms with E-state index in [2.05, 4.69) is 17.1 Å². The van der Waals surface area contributed by atoms with E-state index in [1.165, 1.54) is 6.42 Å². The normalized spacial score (nSPS) is 26.2. The SMILES string of the molecule is COCCN(CCOC)C1CCNCC1C. The fourth-order valence-electron chi connectivity index (χ4n) is 2.40. The average molecular weight is 230 g/mol. The van der Waals surface area contributed by atoms with Crippen LogP contribution in [0.5, 0.6) is 0 Å². The van der Waals surface area contributed by atoms with Crippen LogP contribution >= 0.6 is 0 Å². The zero-order valence-electron chi connectivity index (χ0n) is 10.9. The molecule has 0 aromatic rings. The van der Waals surface area contributed by atoms with Gasteiger partial charge in [0.2, 0.25) is 0 Å². The largest absolute Gasteiger partial charge is 0.383 e. The molecular weight excluding hydrogens is 204 g/mol. The number of ether oxygens (including phenoxy) is 2. The molecule has 1 heterocycles. The molecule has 0 amide bonds. The molecular formula is C12H26N2O2. The molecule has 0 spiro atoms. The molecule has 0 aromatic carbocycles. The summed E-state index contributed by atoms with van der Waals surface area (Å²) in [5.74, 6) is 0.711. The third-order valence-corrected chi connectivity index (χ3v) is 3.37. The van der Waals surface area contributed by atoms with Crippen molar-refractivity contribution in [1.82, 2.24) is 10.2 Å². The second kappa shape index (κ2) is 8.01. The molecule has 0 bridgehead atoms. The summed E-state index contributed by atoms with van der Waals surface area (Å²) in [4.78, 5) is 2.51. The summed E-state index contributed by atoms with van der Waals surface area (Å²) in [6, 6.07) is 0.673. The molecule has 1 aliphatic heterocycles. The minimum absolute atomic E-state index is 0.673. The highest BCUT2D eigenvalue weighted by Gasteiger charge is 2.26. The molecule has 0 saturated carbocycles. The van der Waals surface area contributed by atoms with Crippen LogP contribution in [0.25, 0.3) is 0 Å². The molecule has 1 saturated heterocycles. The van der Waals surface area contributed by atoms with E-state index in [9.17, 15) is 0 Å². The number of hydrogen-bond donors (Lipinski definition) is 1. The van der Waals surface area contributed by atoms with Gasteiger partial charge in [0.25, 0.3) is 0 Å². The molecule has 0 aliphatic carbocycles. The third-order valence-electron chi connectivity index (χ3n) is 3.37. The lowest BCUT2D eigenvalue weighted by Crippen LogP contribution is -2.50. The molecule has 0 aromatic heterocycles. The van der Waals surface area contributed by atoms with E-state index in [4.69, 9.17) is 9.47 Å². The van der Waals surface area contributed by atoms with Crippen molar-refractivity contribution < 1.29 is 9.47 Å². The lowest BCUT2D eigenvalue weighted by molar-refractivity contribution is 0.0574. The van der Waals surface area contributed by atoms with Crippen LogP contribution in [0.15, 0.2) is 0 Å². The monoisotopic (exact) mass is 230 g/mol. The van der Waals surface area contributed by atoms with Crippen molar-refractivity contribution in [3.8, 4) is 0 Å². The Balaban J connectivity index is 2.44. The lowest BCUT2D eigenvalue weighted by atomic mass is 9.93. The Morgan fingerprint density at radius 2 is 1.81 bits per heavy atom. The van der Waals surface area contributed by atoms with Crippen LogP contribution in [0.2, 0.25) is 0 Å². The summed E-state index contributed by atoms with van der Waals surface area (Å²) >= 11 is 0.